The van der Waals surface area contributed by atoms with E-state index in [1.807, 2.05) is 19.2 Å². The Balaban J connectivity index is 1.35. The molecule has 3 aromatic rings. The van der Waals surface area contributed by atoms with Crippen LogP contribution < -0.4 is 10.2 Å². The molecule has 1 amide bonds. The van der Waals surface area contributed by atoms with Gasteiger partial charge < -0.3 is 14.6 Å². The van der Waals surface area contributed by atoms with Gasteiger partial charge in [0.2, 0.25) is 5.91 Å². The Kier molecular flexibility index (Phi) is 5.33. The van der Waals surface area contributed by atoms with Crippen LogP contribution in [0.3, 0.4) is 0 Å². The van der Waals surface area contributed by atoms with Crippen molar-refractivity contribution in [3.63, 3.8) is 0 Å². The summed E-state index contributed by atoms with van der Waals surface area (Å²) in [6.07, 6.45) is 7.67. The molecule has 2 aromatic heterocycles. The molecule has 0 radical (unpaired) electrons. The normalized spacial score (nSPS) is 14.4. The largest absolute Gasteiger partial charge is 0.464 e. The third-order valence-corrected chi connectivity index (χ3v) is 5.67. The summed E-state index contributed by atoms with van der Waals surface area (Å²) in [5.74, 6) is 1.02. The van der Waals surface area contributed by atoms with Gasteiger partial charge >= 0.3 is 0 Å². The lowest BCUT2D eigenvalue weighted by Crippen LogP contribution is -2.30. The summed E-state index contributed by atoms with van der Waals surface area (Å²) in [7, 11) is 0. The molecular weight excluding hydrogens is 350 g/mol. The van der Waals surface area contributed by atoms with Crippen LogP contribution >= 0.6 is 0 Å². The van der Waals surface area contributed by atoms with E-state index in [4.69, 9.17) is 4.42 Å². The third kappa shape index (κ3) is 3.88. The molecule has 1 saturated heterocycles. The molecule has 1 N–H and O–H groups in total. The molecule has 1 fully saturated rings. The number of nitrogens with zero attached hydrogens (tertiary/aromatic N) is 2. The van der Waals surface area contributed by atoms with Crippen molar-refractivity contribution >= 4 is 22.7 Å². The van der Waals surface area contributed by atoms with Crippen LogP contribution in [0, 0.1) is 13.8 Å². The molecule has 0 unspecified atom stereocenters. The topological polar surface area (TPSA) is 58.4 Å². The number of benzene rings is 1. The van der Waals surface area contributed by atoms with Gasteiger partial charge in [-0.05, 0) is 55.9 Å². The highest BCUT2D eigenvalue weighted by Gasteiger charge is 2.14. The van der Waals surface area contributed by atoms with Crippen LogP contribution in [0.25, 0.3) is 11.0 Å². The Bertz CT molecular complexity index is 969. The van der Waals surface area contributed by atoms with Gasteiger partial charge in [-0.2, -0.15) is 0 Å². The highest BCUT2D eigenvalue weighted by molar-refractivity contribution is 5.89. The molecule has 5 nitrogen and oxygen atoms in total. The Morgan fingerprint density at radius 3 is 2.71 bits per heavy atom. The number of hydrogen-bond donors (Lipinski definition) is 1. The zero-order valence-corrected chi connectivity index (χ0v) is 16.6. The van der Waals surface area contributed by atoms with E-state index in [0.717, 1.165) is 46.6 Å². The number of furan rings is 1. The SMILES string of the molecule is Cc1ccc2c(CC(=O)NCc3ccc(N4CCCCC4)nc3)coc2c1C. The number of fused-ring (bicyclic) bond motifs is 1. The van der Waals surface area contributed by atoms with Crippen LogP contribution in [0.5, 0.6) is 0 Å². The maximum atomic E-state index is 12.4. The Hall–Kier alpha value is -2.82. The zero-order valence-electron chi connectivity index (χ0n) is 16.6. The number of nitrogens with one attached hydrogen (secondary N) is 1. The van der Waals surface area contributed by atoms with E-state index in [0.29, 0.717) is 13.0 Å². The van der Waals surface area contributed by atoms with Crippen molar-refractivity contribution in [3.8, 4) is 0 Å². The fourth-order valence-electron chi connectivity index (χ4n) is 3.79. The molecule has 146 valence electrons. The third-order valence-electron chi connectivity index (χ3n) is 5.67. The summed E-state index contributed by atoms with van der Waals surface area (Å²) >= 11 is 0. The van der Waals surface area contributed by atoms with E-state index >= 15 is 0 Å². The second-order valence-corrected chi connectivity index (χ2v) is 7.67. The number of carbonyl (C=O) groups is 1. The van der Waals surface area contributed by atoms with Crippen LogP contribution in [0.15, 0.2) is 41.1 Å². The molecule has 0 aliphatic carbocycles. The number of carbonyl (C=O) groups excluding carboxylic acids is 1. The average molecular weight is 377 g/mol. The molecule has 1 aliphatic rings. The summed E-state index contributed by atoms with van der Waals surface area (Å²) in [5.41, 5.74) is 5.13. The van der Waals surface area contributed by atoms with Gasteiger partial charge in [0.05, 0.1) is 12.7 Å². The lowest BCUT2D eigenvalue weighted by molar-refractivity contribution is -0.120. The molecule has 5 heteroatoms. The van der Waals surface area contributed by atoms with Crippen LogP contribution in [0.1, 0.15) is 41.5 Å². The first-order valence-corrected chi connectivity index (χ1v) is 10.0. The molecule has 0 spiro atoms. The number of hydrogen-bond acceptors (Lipinski definition) is 4. The monoisotopic (exact) mass is 377 g/mol. The van der Waals surface area contributed by atoms with Crippen molar-refractivity contribution in [1.82, 2.24) is 10.3 Å². The minimum atomic E-state index is -0.0129. The Morgan fingerprint density at radius 2 is 1.96 bits per heavy atom. The van der Waals surface area contributed by atoms with Crippen LogP contribution in [0.4, 0.5) is 5.82 Å². The average Bonchev–Trinajstić information content (AvgIpc) is 3.13. The van der Waals surface area contributed by atoms with Crippen molar-refractivity contribution in [1.29, 1.82) is 0 Å². The number of amides is 1. The highest BCUT2D eigenvalue weighted by atomic mass is 16.3. The second kappa shape index (κ2) is 8.05. The molecule has 28 heavy (non-hydrogen) atoms. The Morgan fingerprint density at radius 1 is 1.14 bits per heavy atom. The fraction of sp³-hybridized carbons (Fsp3) is 0.391. The minimum Gasteiger partial charge on any atom is -0.464 e. The predicted molar refractivity (Wildman–Crippen MR) is 112 cm³/mol. The fourth-order valence-corrected chi connectivity index (χ4v) is 3.79. The van der Waals surface area contributed by atoms with E-state index in [9.17, 15) is 4.79 Å². The maximum Gasteiger partial charge on any atom is 0.224 e. The molecule has 4 rings (SSSR count). The second-order valence-electron chi connectivity index (χ2n) is 7.67. The van der Waals surface area contributed by atoms with E-state index in [1.165, 1.54) is 24.8 Å². The summed E-state index contributed by atoms with van der Waals surface area (Å²) in [6, 6.07) is 8.22. The van der Waals surface area contributed by atoms with Gasteiger partial charge in [0.1, 0.15) is 11.4 Å². The summed E-state index contributed by atoms with van der Waals surface area (Å²) in [4.78, 5) is 19.3. The van der Waals surface area contributed by atoms with Gasteiger partial charge in [0.15, 0.2) is 0 Å². The number of aryl methyl sites for hydroxylation is 2. The van der Waals surface area contributed by atoms with Gasteiger partial charge in [-0.1, -0.05) is 18.2 Å². The highest BCUT2D eigenvalue weighted by Crippen LogP contribution is 2.26. The summed E-state index contributed by atoms with van der Waals surface area (Å²) in [6.45, 7) is 6.77. The number of pyridine rings is 1. The standard InChI is InChI=1S/C23H27N3O2/c1-16-6-8-20-19(15-28-23(20)17(16)2)12-22(27)25-14-18-7-9-21(24-13-18)26-10-4-3-5-11-26/h6-9,13,15H,3-5,10-12,14H2,1-2H3,(H,25,27). The Labute approximate surface area is 165 Å². The predicted octanol–water partition coefficient (Wildman–Crippen LogP) is 4.29. The number of aromatic nitrogens is 1. The summed E-state index contributed by atoms with van der Waals surface area (Å²) in [5, 5.41) is 4.01. The first kappa shape index (κ1) is 18.5. The van der Waals surface area contributed by atoms with Crippen LogP contribution in [0.2, 0.25) is 0 Å². The lowest BCUT2D eigenvalue weighted by Gasteiger charge is -2.27. The van der Waals surface area contributed by atoms with Gasteiger partial charge in [-0.25, -0.2) is 4.98 Å². The molecule has 1 aliphatic heterocycles. The van der Waals surface area contributed by atoms with Crippen molar-refractivity contribution in [2.75, 3.05) is 18.0 Å². The van der Waals surface area contributed by atoms with E-state index in [1.54, 1.807) is 6.26 Å². The van der Waals surface area contributed by atoms with Gasteiger partial charge in [0.25, 0.3) is 0 Å². The molecule has 3 heterocycles. The van der Waals surface area contributed by atoms with Crippen LogP contribution in [-0.2, 0) is 17.8 Å². The van der Waals surface area contributed by atoms with Gasteiger partial charge in [-0.15, -0.1) is 0 Å². The number of piperidine rings is 1. The molecule has 1 aromatic carbocycles. The van der Waals surface area contributed by atoms with Crippen molar-refractivity contribution in [2.45, 2.75) is 46.1 Å². The zero-order chi connectivity index (χ0) is 19.5. The van der Waals surface area contributed by atoms with Crippen molar-refractivity contribution in [3.05, 3.63) is 59.0 Å². The van der Waals surface area contributed by atoms with Gasteiger partial charge in [0, 0.05) is 36.8 Å². The van der Waals surface area contributed by atoms with Gasteiger partial charge in [-0.3, -0.25) is 4.79 Å². The first-order chi connectivity index (χ1) is 13.6. The lowest BCUT2D eigenvalue weighted by atomic mass is 10.0. The maximum absolute atomic E-state index is 12.4. The molecular formula is C23H27N3O2. The molecule has 0 atom stereocenters. The summed E-state index contributed by atoms with van der Waals surface area (Å²) < 4.78 is 5.70. The van der Waals surface area contributed by atoms with E-state index in [-0.39, 0.29) is 5.91 Å². The van der Waals surface area contributed by atoms with E-state index < -0.39 is 0 Å². The molecule has 0 bridgehead atoms. The molecule has 0 saturated carbocycles. The van der Waals surface area contributed by atoms with Crippen molar-refractivity contribution < 1.29 is 9.21 Å². The van der Waals surface area contributed by atoms with E-state index in [2.05, 4.69) is 40.3 Å². The number of rotatable bonds is 5. The van der Waals surface area contributed by atoms with Crippen LogP contribution in [-0.4, -0.2) is 24.0 Å². The first-order valence-electron chi connectivity index (χ1n) is 10.0. The smallest absolute Gasteiger partial charge is 0.224 e. The van der Waals surface area contributed by atoms with Crippen molar-refractivity contribution in [2.24, 2.45) is 0 Å². The minimum absolute atomic E-state index is 0.0129. The quantitative estimate of drug-likeness (QED) is 0.720. The number of anilines is 1.